The van der Waals surface area contributed by atoms with Crippen LogP contribution in [0.3, 0.4) is 0 Å². The largest absolute Gasteiger partial charge is 0.368 e. The molecule has 0 atom stereocenters. The summed E-state index contributed by atoms with van der Waals surface area (Å²) in [6.07, 6.45) is 0. The molecule has 124 valence electrons. The predicted octanol–water partition coefficient (Wildman–Crippen LogP) is 5.20. The van der Waals surface area contributed by atoms with Crippen molar-refractivity contribution in [3.63, 3.8) is 0 Å². The van der Waals surface area contributed by atoms with Crippen LogP contribution in [0.5, 0.6) is 0 Å². The highest BCUT2D eigenvalue weighted by atomic mass is 79.9. The van der Waals surface area contributed by atoms with E-state index in [2.05, 4.69) is 76.4 Å². The van der Waals surface area contributed by atoms with Crippen LogP contribution >= 0.6 is 44.7 Å². The lowest BCUT2D eigenvalue weighted by Crippen LogP contribution is -2.43. The van der Waals surface area contributed by atoms with E-state index in [0.29, 0.717) is 0 Å². The van der Waals surface area contributed by atoms with Crippen molar-refractivity contribution in [3.05, 3.63) is 52.0 Å². The molecule has 0 amide bonds. The highest BCUT2D eigenvalue weighted by Crippen LogP contribution is 2.39. The molecule has 23 heavy (non-hydrogen) atoms. The number of piperazine rings is 1. The molecule has 1 saturated heterocycles. The first-order valence-corrected chi connectivity index (χ1v) is 9.26. The quantitative estimate of drug-likeness (QED) is 0.681. The molecule has 2 aromatic carbocycles. The second-order valence-corrected chi connectivity index (χ2v) is 7.50. The normalized spacial score (nSPS) is 14.5. The molecular formula is C18H22Br2N2S. The van der Waals surface area contributed by atoms with Gasteiger partial charge in [-0.3, -0.25) is 0 Å². The van der Waals surface area contributed by atoms with Gasteiger partial charge in [-0.1, -0.05) is 45.9 Å². The van der Waals surface area contributed by atoms with Crippen LogP contribution in [-0.2, 0) is 0 Å². The van der Waals surface area contributed by atoms with Crippen molar-refractivity contribution >= 4 is 50.4 Å². The van der Waals surface area contributed by atoms with Gasteiger partial charge in [0.1, 0.15) is 0 Å². The van der Waals surface area contributed by atoms with Gasteiger partial charge in [-0.15, -0.1) is 17.0 Å². The number of hydrogen-bond acceptors (Lipinski definition) is 3. The molecule has 0 bridgehead atoms. The summed E-state index contributed by atoms with van der Waals surface area (Å²) in [6, 6.07) is 13.2. The Kier molecular flexibility index (Phi) is 7.01. The van der Waals surface area contributed by atoms with Gasteiger partial charge in [0.25, 0.3) is 0 Å². The Hall–Kier alpha value is -0.490. The summed E-state index contributed by atoms with van der Waals surface area (Å²) in [4.78, 5) is 5.14. The minimum Gasteiger partial charge on any atom is -0.368 e. The van der Waals surface area contributed by atoms with Gasteiger partial charge in [-0.05, 0) is 43.2 Å². The molecule has 1 aliphatic heterocycles. The lowest BCUT2D eigenvalue weighted by atomic mass is 10.2. The van der Waals surface area contributed by atoms with Crippen LogP contribution < -0.4 is 10.2 Å². The molecule has 1 heterocycles. The lowest BCUT2D eigenvalue weighted by Gasteiger charge is -2.31. The van der Waals surface area contributed by atoms with Gasteiger partial charge in [0, 0.05) is 40.4 Å². The van der Waals surface area contributed by atoms with E-state index >= 15 is 0 Å². The summed E-state index contributed by atoms with van der Waals surface area (Å²) in [7, 11) is 0. The molecule has 1 N–H and O–H groups in total. The molecule has 3 rings (SSSR count). The first kappa shape index (κ1) is 18.8. The number of para-hydroxylation sites is 1. The van der Waals surface area contributed by atoms with E-state index in [1.807, 2.05) is 11.8 Å². The van der Waals surface area contributed by atoms with E-state index in [0.717, 1.165) is 26.2 Å². The van der Waals surface area contributed by atoms with Gasteiger partial charge >= 0.3 is 0 Å². The minimum atomic E-state index is 0. The van der Waals surface area contributed by atoms with Crippen LogP contribution in [0.15, 0.2) is 50.7 Å². The van der Waals surface area contributed by atoms with Gasteiger partial charge < -0.3 is 10.2 Å². The van der Waals surface area contributed by atoms with Crippen LogP contribution in [0.25, 0.3) is 0 Å². The van der Waals surface area contributed by atoms with E-state index < -0.39 is 0 Å². The number of rotatable bonds is 3. The number of benzene rings is 2. The Balaban J connectivity index is 0.00000192. The van der Waals surface area contributed by atoms with E-state index in [4.69, 9.17) is 0 Å². The first-order chi connectivity index (χ1) is 10.7. The third kappa shape index (κ3) is 4.32. The fraction of sp³-hybridized carbons (Fsp3) is 0.333. The van der Waals surface area contributed by atoms with Crippen molar-refractivity contribution in [2.24, 2.45) is 0 Å². The zero-order chi connectivity index (χ0) is 15.5. The molecule has 1 aliphatic rings. The smallest absolute Gasteiger partial charge is 0.0508 e. The number of hydrogen-bond donors (Lipinski definition) is 1. The Bertz CT molecular complexity index is 670. The summed E-state index contributed by atoms with van der Waals surface area (Å²) < 4.78 is 1.22. The van der Waals surface area contributed by atoms with E-state index in [9.17, 15) is 0 Å². The number of nitrogens with zero attached hydrogens (tertiary/aromatic N) is 1. The molecule has 0 aromatic heterocycles. The second-order valence-electron chi connectivity index (χ2n) is 5.63. The second kappa shape index (κ2) is 8.56. The topological polar surface area (TPSA) is 15.3 Å². The van der Waals surface area contributed by atoms with Crippen molar-refractivity contribution in [1.29, 1.82) is 0 Å². The third-order valence-corrected chi connectivity index (χ3v) is 6.52. The molecule has 0 unspecified atom stereocenters. The fourth-order valence-corrected chi connectivity index (χ4v) is 4.30. The average molecular weight is 458 g/mol. The standard InChI is InChI=1S/C18H21BrN2S.BrH/c1-13-7-8-16(14(2)18(13)19)22-17-6-4-3-5-15(17)21-11-9-20-10-12-21;/h3-8,20H,9-12H2,1-2H3;1H. The van der Waals surface area contributed by atoms with Gasteiger partial charge in [0.2, 0.25) is 0 Å². The molecule has 0 spiro atoms. The Morgan fingerprint density at radius 1 is 1.00 bits per heavy atom. The molecule has 0 radical (unpaired) electrons. The van der Waals surface area contributed by atoms with Gasteiger partial charge in [0.05, 0.1) is 5.69 Å². The zero-order valence-electron chi connectivity index (χ0n) is 13.4. The summed E-state index contributed by atoms with van der Waals surface area (Å²) in [5.41, 5.74) is 3.96. The molecule has 0 aliphatic carbocycles. The van der Waals surface area contributed by atoms with Crippen molar-refractivity contribution in [2.45, 2.75) is 23.6 Å². The summed E-state index contributed by atoms with van der Waals surface area (Å²) in [5, 5.41) is 3.42. The molecule has 1 fully saturated rings. The van der Waals surface area contributed by atoms with Crippen LogP contribution in [0.1, 0.15) is 11.1 Å². The highest BCUT2D eigenvalue weighted by Gasteiger charge is 2.15. The average Bonchev–Trinajstić information content (AvgIpc) is 2.57. The van der Waals surface area contributed by atoms with E-state index in [-0.39, 0.29) is 17.0 Å². The van der Waals surface area contributed by atoms with Crippen molar-refractivity contribution in [2.75, 3.05) is 31.1 Å². The van der Waals surface area contributed by atoms with Crippen LogP contribution in [0, 0.1) is 13.8 Å². The van der Waals surface area contributed by atoms with Crippen LogP contribution in [0.4, 0.5) is 5.69 Å². The summed E-state index contributed by atoms with van der Waals surface area (Å²) in [6.45, 7) is 8.61. The lowest BCUT2D eigenvalue weighted by molar-refractivity contribution is 0.587. The van der Waals surface area contributed by atoms with Gasteiger partial charge in [0.15, 0.2) is 0 Å². The molecule has 5 heteroatoms. The number of halogens is 2. The van der Waals surface area contributed by atoms with E-state index in [1.165, 1.54) is 31.1 Å². The Morgan fingerprint density at radius 3 is 2.43 bits per heavy atom. The molecular weight excluding hydrogens is 436 g/mol. The molecule has 0 saturated carbocycles. The number of nitrogens with one attached hydrogen (secondary N) is 1. The van der Waals surface area contributed by atoms with Crippen molar-refractivity contribution in [3.8, 4) is 0 Å². The van der Waals surface area contributed by atoms with Gasteiger partial charge in [-0.2, -0.15) is 0 Å². The maximum absolute atomic E-state index is 3.71. The first-order valence-electron chi connectivity index (χ1n) is 7.65. The summed E-state index contributed by atoms with van der Waals surface area (Å²) >= 11 is 5.57. The Labute approximate surface area is 161 Å². The zero-order valence-corrected chi connectivity index (χ0v) is 17.5. The molecule has 2 aromatic rings. The van der Waals surface area contributed by atoms with E-state index in [1.54, 1.807) is 0 Å². The Morgan fingerprint density at radius 2 is 1.70 bits per heavy atom. The maximum atomic E-state index is 3.71. The highest BCUT2D eigenvalue weighted by molar-refractivity contribution is 9.10. The van der Waals surface area contributed by atoms with Gasteiger partial charge in [-0.25, -0.2) is 0 Å². The molecule has 2 nitrogen and oxygen atoms in total. The van der Waals surface area contributed by atoms with Crippen LogP contribution in [-0.4, -0.2) is 26.2 Å². The van der Waals surface area contributed by atoms with Crippen molar-refractivity contribution in [1.82, 2.24) is 5.32 Å². The maximum Gasteiger partial charge on any atom is 0.0508 e. The SMILES string of the molecule is Br.Cc1ccc(Sc2ccccc2N2CCNCC2)c(C)c1Br. The monoisotopic (exact) mass is 456 g/mol. The third-order valence-electron chi connectivity index (χ3n) is 4.07. The predicted molar refractivity (Wildman–Crippen MR) is 110 cm³/mol. The number of aryl methyl sites for hydroxylation is 1. The van der Waals surface area contributed by atoms with Crippen LogP contribution in [0.2, 0.25) is 0 Å². The summed E-state index contributed by atoms with van der Waals surface area (Å²) in [5.74, 6) is 0. The van der Waals surface area contributed by atoms with Crippen molar-refractivity contribution < 1.29 is 0 Å². The number of anilines is 1. The fourth-order valence-electron chi connectivity index (χ4n) is 2.74. The minimum absolute atomic E-state index is 0.